The largest absolute Gasteiger partial charge is 0.507 e. The molecule has 4 rings (SSSR count). The number of carbonyl (C=O) groups is 2. The molecule has 2 heterocycles. The van der Waals surface area contributed by atoms with Crippen LogP contribution in [0.1, 0.15) is 29.0 Å². The van der Waals surface area contributed by atoms with Crippen LogP contribution in [-0.2, 0) is 9.59 Å². The van der Waals surface area contributed by atoms with Crippen molar-refractivity contribution in [2.75, 3.05) is 11.5 Å². The number of rotatable bonds is 5. The van der Waals surface area contributed by atoms with Gasteiger partial charge in [-0.1, -0.05) is 23.7 Å². The maximum absolute atomic E-state index is 13.1. The van der Waals surface area contributed by atoms with Crippen LogP contribution in [0.25, 0.3) is 5.76 Å². The third-order valence-corrected chi connectivity index (χ3v) is 6.25. The number of hydrogen-bond donors (Lipinski definition) is 1. The van der Waals surface area contributed by atoms with Crippen LogP contribution in [0.4, 0.5) is 5.69 Å². The van der Waals surface area contributed by atoms with Gasteiger partial charge in [0.15, 0.2) is 0 Å². The number of ketones is 1. The Morgan fingerprint density at radius 3 is 2.61 bits per heavy atom. The number of carbonyl (C=O) groups excluding carboxylic acids is 2. The van der Waals surface area contributed by atoms with Crippen molar-refractivity contribution in [3.05, 3.63) is 86.6 Å². The first-order valence-electron chi connectivity index (χ1n) is 9.76. The topological polar surface area (TPSA) is 66.8 Å². The fourth-order valence-electron chi connectivity index (χ4n) is 3.71. The quantitative estimate of drug-likeness (QED) is 0.304. The SMILES string of the molecule is CCOc1ccc(/C(O)=C2/C(=O)C(=O)N(c3cccc(Cl)c3)C2c2cccs2)cc1C. The van der Waals surface area contributed by atoms with Gasteiger partial charge in [-0.2, -0.15) is 0 Å². The molecule has 1 saturated heterocycles. The van der Waals surface area contributed by atoms with Gasteiger partial charge in [0.25, 0.3) is 11.7 Å². The Labute approximate surface area is 189 Å². The second-order valence-corrected chi connectivity index (χ2v) is 8.49. The van der Waals surface area contributed by atoms with Crippen LogP contribution in [0.15, 0.2) is 65.6 Å². The first kappa shape index (κ1) is 21.2. The summed E-state index contributed by atoms with van der Waals surface area (Å²) in [5.74, 6) is -0.951. The summed E-state index contributed by atoms with van der Waals surface area (Å²) in [7, 11) is 0. The van der Waals surface area contributed by atoms with Gasteiger partial charge < -0.3 is 9.84 Å². The number of amides is 1. The van der Waals surface area contributed by atoms with Gasteiger partial charge in [-0.05, 0) is 67.3 Å². The number of benzene rings is 2. The molecule has 31 heavy (non-hydrogen) atoms. The molecule has 1 unspecified atom stereocenters. The Hall–Kier alpha value is -3.09. The monoisotopic (exact) mass is 453 g/mol. The van der Waals surface area contributed by atoms with Crippen LogP contribution in [0.2, 0.25) is 5.02 Å². The first-order valence-corrected chi connectivity index (χ1v) is 11.0. The fourth-order valence-corrected chi connectivity index (χ4v) is 4.72. The van der Waals surface area contributed by atoms with Crippen molar-refractivity contribution in [1.82, 2.24) is 0 Å². The van der Waals surface area contributed by atoms with Crippen molar-refractivity contribution >= 4 is 46.1 Å². The summed E-state index contributed by atoms with van der Waals surface area (Å²) < 4.78 is 5.56. The van der Waals surface area contributed by atoms with Crippen LogP contribution in [0, 0.1) is 6.92 Å². The molecule has 2 aromatic carbocycles. The highest BCUT2D eigenvalue weighted by atomic mass is 35.5. The van der Waals surface area contributed by atoms with Crippen molar-refractivity contribution in [2.45, 2.75) is 19.9 Å². The summed E-state index contributed by atoms with van der Waals surface area (Å²) >= 11 is 7.55. The van der Waals surface area contributed by atoms with E-state index in [2.05, 4.69) is 0 Å². The van der Waals surface area contributed by atoms with E-state index in [0.29, 0.717) is 28.6 Å². The second-order valence-electron chi connectivity index (χ2n) is 7.08. The molecule has 1 aromatic heterocycles. The molecule has 1 N–H and O–H groups in total. The van der Waals surface area contributed by atoms with Crippen molar-refractivity contribution in [3.63, 3.8) is 0 Å². The number of hydrogen-bond acceptors (Lipinski definition) is 5. The molecular formula is C24H20ClNO4S. The maximum Gasteiger partial charge on any atom is 0.300 e. The Balaban J connectivity index is 1.88. The molecule has 0 aliphatic carbocycles. The summed E-state index contributed by atoms with van der Waals surface area (Å²) in [4.78, 5) is 28.3. The zero-order valence-electron chi connectivity index (χ0n) is 17.0. The third kappa shape index (κ3) is 3.84. The van der Waals surface area contributed by atoms with E-state index in [-0.39, 0.29) is 11.3 Å². The van der Waals surface area contributed by atoms with Gasteiger partial charge >= 0.3 is 0 Å². The molecule has 1 fully saturated rings. The maximum atomic E-state index is 13.1. The Kier molecular flexibility index (Phi) is 5.85. The predicted molar refractivity (Wildman–Crippen MR) is 123 cm³/mol. The van der Waals surface area contributed by atoms with Crippen LogP contribution < -0.4 is 9.64 Å². The number of Topliss-reactive ketones (excluding diaryl/α,β-unsaturated/α-hetero) is 1. The van der Waals surface area contributed by atoms with E-state index in [1.807, 2.05) is 31.4 Å². The normalized spacial score (nSPS) is 17.9. The number of halogens is 1. The summed E-state index contributed by atoms with van der Waals surface area (Å²) in [6.07, 6.45) is 0. The van der Waals surface area contributed by atoms with Gasteiger partial charge in [0, 0.05) is 21.2 Å². The summed E-state index contributed by atoms with van der Waals surface area (Å²) in [5.41, 5.74) is 1.82. The molecule has 0 bridgehead atoms. The van der Waals surface area contributed by atoms with Gasteiger partial charge in [0.1, 0.15) is 17.6 Å². The molecule has 1 aliphatic rings. The van der Waals surface area contributed by atoms with E-state index in [1.54, 1.807) is 42.5 Å². The lowest BCUT2D eigenvalue weighted by atomic mass is 9.98. The second kappa shape index (κ2) is 8.57. The molecule has 1 amide bonds. The highest BCUT2D eigenvalue weighted by Gasteiger charge is 2.47. The minimum absolute atomic E-state index is 0.0518. The van der Waals surface area contributed by atoms with Crippen molar-refractivity contribution in [1.29, 1.82) is 0 Å². The molecule has 158 valence electrons. The van der Waals surface area contributed by atoms with Crippen LogP contribution in [0.3, 0.4) is 0 Å². The number of aryl methyl sites for hydroxylation is 1. The molecule has 5 nitrogen and oxygen atoms in total. The third-order valence-electron chi connectivity index (χ3n) is 5.09. The number of ether oxygens (including phenoxy) is 1. The summed E-state index contributed by atoms with van der Waals surface area (Å²) in [6, 6.07) is 14.9. The highest BCUT2D eigenvalue weighted by molar-refractivity contribution is 7.10. The van der Waals surface area contributed by atoms with Crippen LogP contribution in [0.5, 0.6) is 5.75 Å². The van der Waals surface area contributed by atoms with E-state index >= 15 is 0 Å². The van der Waals surface area contributed by atoms with E-state index in [4.69, 9.17) is 16.3 Å². The van der Waals surface area contributed by atoms with Gasteiger partial charge in [-0.15, -0.1) is 11.3 Å². The van der Waals surface area contributed by atoms with Crippen LogP contribution in [-0.4, -0.2) is 23.4 Å². The standard InChI is InChI=1S/C24H20ClNO4S/c1-3-30-18-10-9-15(12-14(18)2)22(27)20-21(19-8-5-11-31-19)26(24(29)23(20)28)17-7-4-6-16(25)13-17/h4-13,21,27H,3H2,1-2H3/b22-20-. The smallest absolute Gasteiger partial charge is 0.300 e. The summed E-state index contributed by atoms with van der Waals surface area (Å²) in [5, 5.41) is 13.5. The number of aliphatic hydroxyl groups excluding tert-OH is 1. The molecule has 3 aromatic rings. The molecule has 0 saturated carbocycles. The molecule has 1 aliphatic heterocycles. The van der Waals surface area contributed by atoms with Gasteiger partial charge in [-0.3, -0.25) is 14.5 Å². The number of anilines is 1. The Bertz CT molecular complexity index is 1190. The predicted octanol–water partition coefficient (Wildman–Crippen LogP) is 5.73. The van der Waals surface area contributed by atoms with Crippen molar-refractivity contribution < 1.29 is 19.4 Å². The minimum atomic E-state index is -0.745. The zero-order valence-corrected chi connectivity index (χ0v) is 18.5. The lowest BCUT2D eigenvalue weighted by molar-refractivity contribution is -0.132. The van der Waals surface area contributed by atoms with Gasteiger partial charge in [0.05, 0.1) is 12.2 Å². The lowest BCUT2D eigenvalue weighted by Gasteiger charge is -2.24. The van der Waals surface area contributed by atoms with E-state index in [1.165, 1.54) is 16.2 Å². The van der Waals surface area contributed by atoms with Crippen molar-refractivity contribution in [3.8, 4) is 5.75 Å². The number of nitrogens with zero attached hydrogens (tertiary/aromatic N) is 1. The number of thiophene rings is 1. The minimum Gasteiger partial charge on any atom is -0.507 e. The van der Waals surface area contributed by atoms with E-state index in [0.717, 1.165) is 10.4 Å². The lowest BCUT2D eigenvalue weighted by Crippen LogP contribution is -2.29. The number of aliphatic hydroxyl groups is 1. The van der Waals surface area contributed by atoms with E-state index < -0.39 is 17.7 Å². The van der Waals surface area contributed by atoms with Crippen LogP contribution >= 0.6 is 22.9 Å². The van der Waals surface area contributed by atoms with Gasteiger partial charge in [0.2, 0.25) is 0 Å². The average molecular weight is 454 g/mol. The molecule has 0 spiro atoms. The molecule has 7 heteroatoms. The molecular weight excluding hydrogens is 434 g/mol. The molecule has 1 atom stereocenters. The average Bonchev–Trinajstić information content (AvgIpc) is 3.36. The highest BCUT2D eigenvalue weighted by Crippen LogP contribution is 2.44. The first-order chi connectivity index (χ1) is 14.9. The Morgan fingerprint density at radius 2 is 1.97 bits per heavy atom. The van der Waals surface area contributed by atoms with E-state index in [9.17, 15) is 14.7 Å². The fraction of sp³-hybridized carbons (Fsp3) is 0.167. The van der Waals surface area contributed by atoms with Gasteiger partial charge in [-0.25, -0.2) is 0 Å². The van der Waals surface area contributed by atoms with Crippen molar-refractivity contribution in [2.24, 2.45) is 0 Å². The molecule has 0 radical (unpaired) electrons. The zero-order chi connectivity index (χ0) is 22.1. The summed E-state index contributed by atoms with van der Waals surface area (Å²) in [6.45, 7) is 4.28. The Morgan fingerprint density at radius 1 is 1.16 bits per heavy atom.